The van der Waals surface area contributed by atoms with E-state index in [4.69, 9.17) is 4.74 Å². The maximum absolute atomic E-state index is 13.4. The summed E-state index contributed by atoms with van der Waals surface area (Å²) in [6, 6.07) is 24.2. The van der Waals surface area contributed by atoms with Crippen LogP contribution in [0.25, 0.3) is 0 Å². The largest absolute Gasteiger partial charge is 0.497 e. The van der Waals surface area contributed by atoms with Crippen LogP contribution in [0.2, 0.25) is 0 Å². The smallest absolute Gasteiger partial charge is 0.257 e. The number of hydrogen-bond donors (Lipinski definition) is 1. The lowest BCUT2D eigenvalue weighted by Gasteiger charge is -2.26. The van der Waals surface area contributed by atoms with Crippen LogP contribution in [0.3, 0.4) is 0 Å². The van der Waals surface area contributed by atoms with Crippen molar-refractivity contribution in [2.75, 3.05) is 39.2 Å². The first-order chi connectivity index (χ1) is 16.0. The highest BCUT2D eigenvalue weighted by Gasteiger charge is 2.37. The van der Waals surface area contributed by atoms with E-state index in [0.29, 0.717) is 13.1 Å². The van der Waals surface area contributed by atoms with Gasteiger partial charge in [0.1, 0.15) is 11.9 Å². The standard InChI is InChI=1S/C27H30N2O3S/c1-28(2)15-16-29-23-14-9-20(17-19-7-5-4-6-8-19)18-24(23)33-26(25(30)27(29)31)21-10-12-22(32-3)13-11-21/h4-14,18,25-26,30H,15-17H2,1-3H3. The predicted molar refractivity (Wildman–Crippen MR) is 134 cm³/mol. The van der Waals surface area contributed by atoms with Crippen LogP contribution in [0.15, 0.2) is 77.7 Å². The summed E-state index contributed by atoms with van der Waals surface area (Å²) in [4.78, 5) is 18.2. The molecule has 172 valence electrons. The minimum atomic E-state index is -1.14. The molecular formula is C27H30N2O3S. The van der Waals surface area contributed by atoms with Crippen molar-refractivity contribution in [1.82, 2.24) is 4.90 Å². The summed E-state index contributed by atoms with van der Waals surface area (Å²) in [6.45, 7) is 1.23. The minimum absolute atomic E-state index is 0.264. The number of rotatable bonds is 7. The van der Waals surface area contributed by atoms with Crippen molar-refractivity contribution in [2.24, 2.45) is 0 Å². The fraction of sp³-hybridized carbons (Fsp3) is 0.296. The number of benzene rings is 3. The van der Waals surface area contributed by atoms with Gasteiger partial charge in [-0.2, -0.15) is 0 Å². The van der Waals surface area contributed by atoms with Crippen molar-refractivity contribution >= 4 is 23.4 Å². The molecule has 0 aromatic heterocycles. The van der Waals surface area contributed by atoms with Crippen molar-refractivity contribution < 1.29 is 14.6 Å². The molecule has 1 aliphatic heterocycles. The highest BCUT2D eigenvalue weighted by molar-refractivity contribution is 7.99. The zero-order valence-corrected chi connectivity index (χ0v) is 20.1. The van der Waals surface area contributed by atoms with Gasteiger partial charge < -0.3 is 19.6 Å². The number of fused-ring (bicyclic) bond motifs is 1. The monoisotopic (exact) mass is 462 g/mol. The number of ether oxygens (including phenoxy) is 1. The molecule has 0 radical (unpaired) electrons. The summed E-state index contributed by atoms with van der Waals surface area (Å²) in [6.07, 6.45) is -0.327. The lowest BCUT2D eigenvalue weighted by atomic mass is 10.0. The first-order valence-corrected chi connectivity index (χ1v) is 12.0. The second-order valence-electron chi connectivity index (χ2n) is 8.51. The van der Waals surface area contributed by atoms with Crippen molar-refractivity contribution in [2.45, 2.75) is 22.7 Å². The lowest BCUT2D eigenvalue weighted by Crippen LogP contribution is -2.43. The van der Waals surface area contributed by atoms with Gasteiger partial charge in [0.2, 0.25) is 0 Å². The number of likely N-dealkylation sites (N-methyl/N-ethyl adjacent to an activating group) is 1. The van der Waals surface area contributed by atoms with E-state index >= 15 is 0 Å². The zero-order chi connectivity index (χ0) is 23.4. The van der Waals surface area contributed by atoms with Crippen molar-refractivity contribution in [3.63, 3.8) is 0 Å². The maximum Gasteiger partial charge on any atom is 0.257 e. The fourth-order valence-electron chi connectivity index (χ4n) is 4.00. The number of hydrogen-bond acceptors (Lipinski definition) is 5. The van der Waals surface area contributed by atoms with E-state index in [1.807, 2.05) is 67.5 Å². The summed E-state index contributed by atoms with van der Waals surface area (Å²) in [7, 11) is 5.59. The van der Waals surface area contributed by atoms with Gasteiger partial charge in [-0.15, -0.1) is 11.8 Å². The molecule has 0 saturated carbocycles. The van der Waals surface area contributed by atoms with Gasteiger partial charge in [-0.1, -0.05) is 48.5 Å². The molecule has 2 atom stereocenters. The van der Waals surface area contributed by atoms with Gasteiger partial charge in [-0.3, -0.25) is 4.79 Å². The van der Waals surface area contributed by atoms with E-state index < -0.39 is 11.4 Å². The van der Waals surface area contributed by atoms with Crippen LogP contribution in [-0.4, -0.2) is 56.3 Å². The molecule has 0 fully saturated rings. The Labute approximate surface area is 200 Å². The average molecular weight is 463 g/mol. The van der Waals surface area contributed by atoms with Crippen LogP contribution in [0.5, 0.6) is 5.75 Å². The Hall–Kier alpha value is -2.80. The number of nitrogens with zero attached hydrogens (tertiary/aromatic N) is 2. The van der Waals surface area contributed by atoms with Gasteiger partial charge in [0.25, 0.3) is 5.91 Å². The molecule has 0 aliphatic carbocycles. The van der Waals surface area contributed by atoms with E-state index in [9.17, 15) is 9.90 Å². The first kappa shape index (κ1) is 23.4. The molecule has 2 unspecified atom stereocenters. The van der Waals surface area contributed by atoms with Crippen LogP contribution in [0.4, 0.5) is 5.69 Å². The molecule has 1 aliphatic rings. The molecular weight excluding hydrogens is 432 g/mol. The number of carbonyl (C=O) groups excluding carboxylic acids is 1. The molecule has 4 rings (SSSR count). The van der Waals surface area contributed by atoms with Crippen molar-refractivity contribution in [3.8, 4) is 5.75 Å². The summed E-state index contributed by atoms with van der Waals surface area (Å²) >= 11 is 1.55. The normalized spacial score (nSPS) is 18.2. The number of carbonyl (C=O) groups is 1. The van der Waals surface area contributed by atoms with Crippen molar-refractivity contribution in [1.29, 1.82) is 0 Å². The summed E-state index contributed by atoms with van der Waals surface area (Å²) < 4.78 is 5.28. The third kappa shape index (κ3) is 5.41. The Morgan fingerprint density at radius 2 is 1.73 bits per heavy atom. The number of thioether (sulfide) groups is 1. The maximum atomic E-state index is 13.4. The first-order valence-electron chi connectivity index (χ1n) is 11.1. The molecule has 3 aromatic carbocycles. The molecule has 33 heavy (non-hydrogen) atoms. The summed E-state index contributed by atoms with van der Waals surface area (Å²) in [5.41, 5.74) is 4.18. The Morgan fingerprint density at radius 3 is 2.39 bits per heavy atom. The Bertz CT molecular complexity index is 1090. The van der Waals surface area contributed by atoms with E-state index in [1.54, 1.807) is 23.8 Å². The van der Waals surface area contributed by atoms with Gasteiger partial charge in [0.05, 0.1) is 18.0 Å². The molecule has 6 heteroatoms. The minimum Gasteiger partial charge on any atom is -0.497 e. The number of aliphatic hydroxyl groups is 1. The van der Waals surface area contributed by atoms with Crippen LogP contribution in [-0.2, 0) is 11.2 Å². The zero-order valence-electron chi connectivity index (χ0n) is 19.3. The molecule has 0 bridgehead atoms. The third-order valence-electron chi connectivity index (χ3n) is 5.84. The number of methoxy groups -OCH3 is 1. The second-order valence-corrected chi connectivity index (χ2v) is 9.70. The summed E-state index contributed by atoms with van der Waals surface area (Å²) in [5.74, 6) is 0.482. The number of aliphatic hydroxyl groups excluding tert-OH is 1. The predicted octanol–water partition coefficient (Wildman–Crippen LogP) is 4.39. The lowest BCUT2D eigenvalue weighted by molar-refractivity contribution is -0.126. The second kappa shape index (κ2) is 10.4. The molecule has 3 aromatic rings. The highest BCUT2D eigenvalue weighted by Crippen LogP contribution is 2.46. The van der Waals surface area contributed by atoms with Crippen molar-refractivity contribution in [3.05, 3.63) is 89.5 Å². The molecule has 1 N–H and O–H groups in total. The molecule has 1 amide bonds. The van der Waals surface area contributed by atoms with Gasteiger partial charge in [-0.05, 0) is 61.5 Å². The number of anilines is 1. The third-order valence-corrected chi connectivity index (χ3v) is 7.21. The SMILES string of the molecule is COc1ccc(C2Sc3cc(Cc4ccccc4)ccc3N(CCN(C)C)C(=O)C2O)cc1. The molecule has 1 heterocycles. The highest BCUT2D eigenvalue weighted by atomic mass is 32.2. The van der Waals surface area contributed by atoms with E-state index in [1.165, 1.54) is 11.1 Å². The van der Waals surface area contributed by atoms with Gasteiger partial charge >= 0.3 is 0 Å². The number of amides is 1. The van der Waals surface area contributed by atoms with E-state index in [-0.39, 0.29) is 5.91 Å². The van der Waals surface area contributed by atoms with Gasteiger partial charge in [-0.25, -0.2) is 0 Å². The summed E-state index contributed by atoms with van der Waals surface area (Å²) in [5, 5.41) is 10.7. The Kier molecular flexibility index (Phi) is 7.38. The van der Waals surface area contributed by atoms with E-state index in [2.05, 4.69) is 24.3 Å². The van der Waals surface area contributed by atoms with Gasteiger partial charge in [0.15, 0.2) is 0 Å². The van der Waals surface area contributed by atoms with Crippen LogP contribution in [0.1, 0.15) is 21.9 Å². The molecule has 0 saturated heterocycles. The Morgan fingerprint density at radius 1 is 1.00 bits per heavy atom. The van der Waals surface area contributed by atoms with Crippen LogP contribution in [0, 0.1) is 0 Å². The van der Waals surface area contributed by atoms with Crippen LogP contribution < -0.4 is 9.64 Å². The van der Waals surface area contributed by atoms with Gasteiger partial charge in [0, 0.05) is 18.0 Å². The Balaban J connectivity index is 1.72. The topological polar surface area (TPSA) is 53.0 Å². The fourth-order valence-corrected chi connectivity index (χ4v) is 5.33. The van der Waals surface area contributed by atoms with E-state index in [0.717, 1.165) is 28.3 Å². The van der Waals surface area contributed by atoms with Crippen LogP contribution >= 0.6 is 11.8 Å². The molecule has 5 nitrogen and oxygen atoms in total. The average Bonchev–Trinajstić information content (AvgIpc) is 2.93. The molecule has 0 spiro atoms. The quantitative estimate of drug-likeness (QED) is 0.565.